The zero-order chi connectivity index (χ0) is 16.2. The van der Waals surface area contributed by atoms with Gasteiger partial charge >= 0.3 is 0 Å². The van der Waals surface area contributed by atoms with Crippen molar-refractivity contribution in [1.29, 1.82) is 0 Å². The second kappa shape index (κ2) is 11.7. The standard InChI is InChI=1S/C20H39N2/c1-5-7-9-11-13-15-21-17-18-22(20(21)19(3)4)16-14-12-10-8-6-2/h17-19H,5-16H2,1-4H3/q+1. The van der Waals surface area contributed by atoms with Crippen molar-refractivity contribution in [3.63, 3.8) is 0 Å². The van der Waals surface area contributed by atoms with Crippen LogP contribution in [-0.2, 0) is 13.1 Å². The Morgan fingerprint density at radius 1 is 0.864 bits per heavy atom. The van der Waals surface area contributed by atoms with E-state index in [9.17, 15) is 0 Å². The highest BCUT2D eigenvalue weighted by molar-refractivity contribution is 4.89. The summed E-state index contributed by atoms with van der Waals surface area (Å²) in [5.41, 5.74) is 0. The lowest BCUT2D eigenvalue weighted by molar-refractivity contribution is -0.705. The van der Waals surface area contributed by atoms with E-state index in [4.69, 9.17) is 0 Å². The molecule has 0 radical (unpaired) electrons. The first kappa shape index (κ1) is 19.3. The Labute approximate surface area is 138 Å². The minimum atomic E-state index is 0.612. The Kier molecular flexibility index (Phi) is 10.3. The molecule has 0 atom stereocenters. The SMILES string of the molecule is CCCCCCCn1cc[n+](CCCCCCC)c1C(C)C. The van der Waals surface area contributed by atoms with Crippen LogP contribution < -0.4 is 4.57 Å². The largest absolute Gasteiger partial charge is 0.258 e. The highest BCUT2D eigenvalue weighted by Crippen LogP contribution is 2.13. The van der Waals surface area contributed by atoms with Gasteiger partial charge in [0.15, 0.2) is 0 Å². The van der Waals surface area contributed by atoms with E-state index in [-0.39, 0.29) is 0 Å². The maximum atomic E-state index is 2.50. The van der Waals surface area contributed by atoms with Gasteiger partial charge in [-0.2, -0.15) is 0 Å². The maximum absolute atomic E-state index is 2.50. The van der Waals surface area contributed by atoms with E-state index in [0.29, 0.717) is 5.92 Å². The van der Waals surface area contributed by atoms with Crippen molar-refractivity contribution in [3.05, 3.63) is 18.2 Å². The highest BCUT2D eigenvalue weighted by atomic mass is 15.1. The molecule has 0 saturated carbocycles. The van der Waals surface area contributed by atoms with Crippen LogP contribution in [0.3, 0.4) is 0 Å². The molecule has 1 heterocycles. The molecule has 128 valence electrons. The first-order valence-electron chi connectivity index (χ1n) is 9.79. The average molecular weight is 308 g/mol. The summed E-state index contributed by atoms with van der Waals surface area (Å²) < 4.78 is 5.01. The van der Waals surface area contributed by atoms with E-state index in [1.807, 2.05) is 0 Å². The third-order valence-electron chi connectivity index (χ3n) is 4.54. The zero-order valence-electron chi connectivity index (χ0n) is 15.6. The van der Waals surface area contributed by atoms with Crippen LogP contribution in [0.4, 0.5) is 0 Å². The van der Waals surface area contributed by atoms with E-state index in [1.54, 1.807) is 0 Å². The summed E-state index contributed by atoms with van der Waals surface area (Å²) in [5.74, 6) is 2.13. The number of imidazole rings is 1. The van der Waals surface area contributed by atoms with Gasteiger partial charge in [0.1, 0.15) is 12.4 Å². The Balaban J connectivity index is 2.45. The lowest BCUT2D eigenvalue weighted by Crippen LogP contribution is -2.38. The number of hydrogen-bond donors (Lipinski definition) is 0. The Hall–Kier alpha value is -0.790. The van der Waals surface area contributed by atoms with Crippen molar-refractivity contribution in [2.75, 3.05) is 0 Å². The molecule has 22 heavy (non-hydrogen) atoms. The highest BCUT2D eigenvalue weighted by Gasteiger charge is 2.19. The van der Waals surface area contributed by atoms with E-state index in [2.05, 4.69) is 49.2 Å². The molecule has 0 aliphatic rings. The van der Waals surface area contributed by atoms with Crippen LogP contribution in [0.5, 0.6) is 0 Å². The van der Waals surface area contributed by atoms with E-state index in [0.717, 1.165) is 0 Å². The molecule has 1 aromatic rings. The Bertz CT molecular complexity index is 348. The molecule has 1 aromatic heterocycles. The molecule has 0 aliphatic heterocycles. The fourth-order valence-corrected chi connectivity index (χ4v) is 3.29. The maximum Gasteiger partial charge on any atom is 0.258 e. The normalized spacial score (nSPS) is 11.5. The number of hydrogen-bond acceptors (Lipinski definition) is 0. The van der Waals surface area contributed by atoms with Gasteiger partial charge in [-0.1, -0.05) is 66.2 Å². The van der Waals surface area contributed by atoms with Gasteiger partial charge in [0, 0.05) is 0 Å². The molecule has 0 saturated heterocycles. The predicted octanol–water partition coefficient (Wildman–Crippen LogP) is 5.84. The van der Waals surface area contributed by atoms with Crippen LogP contribution in [0.15, 0.2) is 12.4 Å². The van der Waals surface area contributed by atoms with Crippen molar-refractivity contribution in [1.82, 2.24) is 4.57 Å². The third kappa shape index (κ3) is 6.98. The van der Waals surface area contributed by atoms with E-state index < -0.39 is 0 Å². The molecule has 0 unspecified atom stereocenters. The minimum absolute atomic E-state index is 0.612. The van der Waals surface area contributed by atoms with Gasteiger partial charge in [-0.05, 0) is 25.7 Å². The summed E-state index contributed by atoms with van der Waals surface area (Å²) in [4.78, 5) is 0. The van der Waals surface area contributed by atoms with E-state index in [1.165, 1.54) is 83.1 Å². The van der Waals surface area contributed by atoms with Gasteiger partial charge in [0.25, 0.3) is 5.82 Å². The van der Waals surface area contributed by atoms with Gasteiger partial charge in [0.05, 0.1) is 19.0 Å². The molecule has 1 rings (SSSR count). The molecule has 0 fully saturated rings. The molecule has 0 spiro atoms. The molecular formula is C20H39N2+. The lowest BCUT2D eigenvalue weighted by atomic mass is 10.1. The molecule has 2 nitrogen and oxygen atoms in total. The van der Waals surface area contributed by atoms with Crippen molar-refractivity contribution >= 4 is 0 Å². The molecular weight excluding hydrogens is 268 g/mol. The predicted molar refractivity (Wildman–Crippen MR) is 96.2 cm³/mol. The van der Waals surface area contributed by atoms with Crippen LogP contribution in [0.25, 0.3) is 0 Å². The van der Waals surface area contributed by atoms with Gasteiger partial charge in [-0.25, -0.2) is 9.13 Å². The second-order valence-corrected chi connectivity index (χ2v) is 7.03. The summed E-state index contributed by atoms with van der Waals surface area (Å²) in [6.07, 6.45) is 18.2. The molecule has 2 heteroatoms. The summed E-state index contributed by atoms with van der Waals surface area (Å²) >= 11 is 0. The first-order valence-corrected chi connectivity index (χ1v) is 9.79. The first-order chi connectivity index (χ1) is 10.7. The topological polar surface area (TPSA) is 8.81 Å². The van der Waals surface area contributed by atoms with Crippen LogP contribution in [-0.4, -0.2) is 4.57 Å². The van der Waals surface area contributed by atoms with E-state index >= 15 is 0 Å². The van der Waals surface area contributed by atoms with Crippen LogP contribution >= 0.6 is 0 Å². The van der Waals surface area contributed by atoms with Crippen molar-refractivity contribution < 1.29 is 4.57 Å². The Morgan fingerprint density at radius 2 is 1.45 bits per heavy atom. The van der Waals surface area contributed by atoms with Gasteiger partial charge < -0.3 is 0 Å². The van der Waals surface area contributed by atoms with Gasteiger partial charge in [-0.3, -0.25) is 0 Å². The number of aryl methyl sites for hydroxylation is 2. The van der Waals surface area contributed by atoms with Crippen molar-refractivity contribution in [2.45, 2.75) is 111 Å². The summed E-state index contributed by atoms with van der Waals surface area (Å²) in [6.45, 7) is 11.6. The van der Waals surface area contributed by atoms with Gasteiger partial charge in [-0.15, -0.1) is 0 Å². The molecule has 0 N–H and O–H groups in total. The molecule has 0 aliphatic carbocycles. The van der Waals surface area contributed by atoms with Crippen molar-refractivity contribution in [3.8, 4) is 0 Å². The van der Waals surface area contributed by atoms with Crippen LogP contribution in [0.1, 0.15) is 104 Å². The zero-order valence-corrected chi connectivity index (χ0v) is 15.6. The number of unbranched alkanes of at least 4 members (excludes halogenated alkanes) is 8. The fourth-order valence-electron chi connectivity index (χ4n) is 3.29. The fraction of sp³-hybridized carbons (Fsp3) is 0.850. The number of rotatable bonds is 13. The lowest BCUT2D eigenvalue weighted by Gasteiger charge is -2.08. The summed E-state index contributed by atoms with van der Waals surface area (Å²) in [6, 6.07) is 0. The second-order valence-electron chi connectivity index (χ2n) is 7.03. The number of aromatic nitrogens is 2. The van der Waals surface area contributed by atoms with Crippen LogP contribution in [0, 0.1) is 0 Å². The third-order valence-corrected chi connectivity index (χ3v) is 4.54. The quantitative estimate of drug-likeness (QED) is 0.320. The molecule has 0 amide bonds. The summed E-state index contributed by atoms with van der Waals surface area (Å²) in [5, 5.41) is 0. The monoisotopic (exact) mass is 307 g/mol. The smallest absolute Gasteiger partial charge is 0.234 e. The molecule has 0 bridgehead atoms. The molecule has 0 aromatic carbocycles. The van der Waals surface area contributed by atoms with Gasteiger partial charge in [0.2, 0.25) is 0 Å². The van der Waals surface area contributed by atoms with Crippen LogP contribution in [0.2, 0.25) is 0 Å². The number of nitrogens with zero attached hydrogens (tertiary/aromatic N) is 2. The summed E-state index contributed by atoms with van der Waals surface area (Å²) in [7, 11) is 0. The minimum Gasteiger partial charge on any atom is -0.234 e. The average Bonchev–Trinajstić information content (AvgIpc) is 2.90. The Morgan fingerprint density at radius 3 is 2.05 bits per heavy atom. The van der Waals surface area contributed by atoms with Crippen molar-refractivity contribution in [2.24, 2.45) is 0 Å².